The van der Waals surface area contributed by atoms with Crippen LogP contribution in [0.3, 0.4) is 0 Å². The van der Waals surface area contributed by atoms with E-state index in [9.17, 15) is 4.79 Å². The molecule has 1 amide bonds. The van der Waals surface area contributed by atoms with E-state index in [4.69, 9.17) is 0 Å². The van der Waals surface area contributed by atoms with Gasteiger partial charge in [-0.05, 0) is 36.4 Å². The van der Waals surface area contributed by atoms with E-state index in [0.29, 0.717) is 12.5 Å². The SMILES string of the molecule is CC(C)c1ccc(CN(C)C(=O)[C@H]2CCCCN2)cc1. The number of likely N-dealkylation sites (N-methyl/N-ethyl adjacent to an activating group) is 1. The topological polar surface area (TPSA) is 32.3 Å². The Labute approximate surface area is 122 Å². The molecule has 3 heteroatoms. The molecule has 1 aromatic rings. The first-order valence-electron chi connectivity index (χ1n) is 7.65. The van der Waals surface area contributed by atoms with Crippen molar-refractivity contribution in [1.82, 2.24) is 10.2 Å². The summed E-state index contributed by atoms with van der Waals surface area (Å²) in [7, 11) is 1.90. The van der Waals surface area contributed by atoms with Crippen LogP contribution in [0.4, 0.5) is 0 Å². The minimum Gasteiger partial charge on any atom is -0.340 e. The highest BCUT2D eigenvalue weighted by atomic mass is 16.2. The lowest BCUT2D eigenvalue weighted by Crippen LogP contribution is -2.46. The number of rotatable bonds is 4. The van der Waals surface area contributed by atoms with Crippen LogP contribution in [-0.4, -0.2) is 30.4 Å². The van der Waals surface area contributed by atoms with Crippen LogP contribution in [0.5, 0.6) is 0 Å². The van der Waals surface area contributed by atoms with Gasteiger partial charge in [0.2, 0.25) is 5.91 Å². The van der Waals surface area contributed by atoms with Crippen molar-refractivity contribution >= 4 is 5.91 Å². The quantitative estimate of drug-likeness (QED) is 0.915. The van der Waals surface area contributed by atoms with E-state index >= 15 is 0 Å². The van der Waals surface area contributed by atoms with Crippen LogP contribution >= 0.6 is 0 Å². The standard InChI is InChI=1S/C17H26N2O/c1-13(2)15-9-7-14(8-10-15)12-19(3)17(20)16-6-4-5-11-18-16/h7-10,13,16,18H,4-6,11-12H2,1-3H3/t16-/m1/s1. The largest absolute Gasteiger partial charge is 0.340 e. The average molecular weight is 274 g/mol. The minimum absolute atomic E-state index is 0.0173. The number of nitrogens with zero attached hydrogens (tertiary/aromatic N) is 1. The third-order valence-electron chi connectivity index (χ3n) is 4.05. The molecule has 1 fully saturated rings. The van der Waals surface area contributed by atoms with Crippen LogP contribution in [0.1, 0.15) is 50.2 Å². The summed E-state index contributed by atoms with van der Waals surface area (Å²) in [5.74, 6) is 0.771. The van der Waals surface area contributed by atoms with E-state index in [1.807, 2.05) is 11.9 Å². The van der Waals surface area contributed by atoms with Gasteiger partial charge in [-0.3, -0.25) is 4.79 Å². The van der Waals surface area contributed by atoms with Gasteiger partial charge in [0.1, 0.15) is 0 Å². The molecule has 0 unspecified atom stereocenters. The molecular weight excluding hydrogens is 248 g/mol. The van der Waals surface area contributed by atoms with Gasteiger partial charge in [-0.1, -0.05) is 44.5 Å². The van der Waals surface area contributed by atoms with Gasteiger partial charge >= 0.3 is 0 Å². The van der Waals surface area contributed by atoms with Gasteiger partial charge in [0.25, 0.3) is 0 Å². The fourth-order valence-corrected chi connectivity index (χ4v) is 2.69. The summed E-state index contributed by atoms with van der Waals surface area (Å²) in [6.07, 6.45) is 3.31. The van der Waals surface area contributed by atoms with E-state index in [1.165, 1.54) is 17.5 Å². The Morgan fingerprint density at radius 3 is 2.55 bits per heavy atom. The summed E-state index contributed by atoms with van der Waals surface area (Å²) in [5, 5.41) is 3.32. The lowest BCUT2D eigenvalue weighted by molar-refractivity contribution is -0.133. The third-order valence-corrected chi connectivity index (χ3v) is 4.05. The summed E-state index contributed by atoms with van der Waals surface area (Å²) in [5.41, 5.74) is 2.54. The molecule has 0 aliphatic carbocycles. The molecule has 1 N–H and O–H groups in total. The zero-order valence-corrected chi connectivity index (χ0v) is 12.9. The number of hydrogen-bond donors (Lipinski definition) is 1. The second kappa shape index (κ2) is 6.89. The molecule has 1 aromatic carbocycles. The molecule has 1 aliphatic heterocycles. The summed E-state index contributed by atoms with van der Waals surface area (Å²) in [6, 6.07) is 8.61. The first kappa shape index (κ1) is 15.0. The van der Waals surface area contributed by atoms with E-state index in [-0.39, 0.29) is 11.9 Å². The maximum Gasteiger partial charge on any atom is 0.239 e. The number of carbonyl (C=O) groups is 1. The maximum absolute atomic E-state index is 12.3. The first-order valence-corrected chi connectivity index (χ1v) is 7.65. The molecule has 110 valence electrons. The smallest absolute Gasteiger partial charge is 0.239 e. The Morgan fingerprint density at radius 2 is 2.00 bits per heavy atom. The van der Waals surface area contributed by atoms with Gasteiger partial charge in [-0.2, -0.15) is 0 Å². The van der Waals surface area contributed by atoms with Crippen molar-refractivity contribution in [3.05, 3.63) is 35.4 Å². The lowest BCUT2D eigenvalue weighted by atomic mass is 10.0. The monoisotopic (exact) mass is 274 g/mol. The highest BCUT2D eigenvalue weighted by molar-refractivity contribution is 5.81. The maximum atomic E-state index is 12.3. The second-order valence-electron chi connectivity index (χ2n) is 6.09. The number of amides is 1. The Balaban J connectivity index is 1.92. The summed E-state index contributed by atoms with van der Waals surface area (Å²) in [6.45, 7) is 6.04. The molecule has 0 spiro atoms. The molecule has 0 radical (unpaired) electrons. The Bertz CT molecular complexity index is 433. The average Bonchev–Trinajstić information content (AvgIpc) is 2.48. The predicted molar refractivity (Wildman–Crippen MR) is 82.6 cm³/mol. The zero-order chi connectivity index (χ0) is 14.5. The van der Waals surface area contributed by atoms with Gasteiger partial charge in [0, 0.05) is 13.6 Å². The molecule has 1 heterocycles. The fraction of sp³-hybridized carbons (Fsp3) is 0.588. The van der Waals surface area contributed by atoms with Gasteiger partial charge in [-0.25, -0.2) is 0 Å². The van der Waals surface area contributed by atoms with E-state index < -0.39 is 0 Å². The van der Waals surface area contributed by atoms with E-state index in [1.54, 1.807) is 0 Å². The van der Waals surface area contributed by atoms with Gasteiger partial charge in [-0.15, -0.1) is 0 Å². The van der Waals surface area contributed by atoms with Crippen molar-refractivity contribution in [2.45, 2.75) is 51.6 Å². The summed E-state index contributed by atoms with van der Waals surface area (Å²) >= 11 is 0. The number of piperidine rings is 1. The van der Waals surface area contributed by atoms with Crippen molar-refractivity contribution in [2.75, 3.05) is 13.6 Å². The van der Waals surface area contributed by atoms with Crippen LogP contribution in [0.25, 0.3) is 0 Å². The molecule has 2 rings (SSSR count). The molecule has 3 nitrogen and oxygen atoms in total. The van der Waals surface area contributed by atoms with Crippen molar-refractivity contribution < 1.29 is 4.79 Å². The Morgan fingerprint density at radius 1 is 1.30 bits per heavy atom. The molecule has 1 aliphatic rings. The fourth-order valence-electron chi connectivity index (χ4n) is 2.69. The number of nitrogens with one attached hydrogen (secondary N) is 1. The molecular formula is C17H26N2O. The van der Waals surface area contributed by atoms with Gasteiger partial charge < -0.3 is 10.2 Å². The number of hydrogen-bond acceptors (Lipinski definition) is 2. The minimum atomic E-state index is 0.0173. The first-order chi connectivity index (χ1) is 9.58. The molecule has 1 saturated heterocycles. The molecule has 0 saturated carbocycles. The summed E-state index contributed by atoms with van der Waals surface area (Å²) < 4.78 is 0. The van der Waals surface area contributed by atoms with E-state index in [2.05, 4.69) is 43.4 Å². The van der Waals surface area contributed by atoms with Crippen molar-refractivity contribution in [2.24, 2.45) is 0 Å². The molecule has 0 aromatic heterocycles. The van der Waals surface area contributed by atoms with Crippen LogP contribution in [-0.2, 0) is 11.3 Å². The summed E-state index contributed by atoms with van der Waals surface area (Å²) in [4.78, 5) is 14.2. The molecule has 0 bridgehead atoms. The molecule has 20 heavy (non-hydrogen) atoms. The van der Waals surface area contributed by atoms with Crippen LogP contribution in [0, 0.1) is 0 Å². The highest BCUT2D eigenvalue weighted by Crippen LogP contribution is 2.16. The lowest BCUT2D eigenvalue weighted by Gasteiger charge is -2.27. The predicted octanol–water partition coefficient (Wildman–Crippen LogP) is 2.91. The zero-order valence-electron chi connectivity index (χ0n) is 12.9. The number of benzene rings is 1. The van der Waals surface area contributed by atoms with Crippen LogP contribution in [0.2, 0.25) is 0 Å². The van der Waals surface area contributed by atoms with Crippen LogP contribution < -0.4 is 5.32 Å². The van der Waals surface area contributed by atoms with E-state index in [0.717, 1.165) is 19.4 Å². The Hall–Kier alpha value is -1.35. The van der Waals surface area contributed by atoms with Crippen LogP contribution in [0.15, 0.2) is 24.3 Å². The van der Waals surface area contributed by atoms with Crippen molar-refractivity contribution in [3.63, 3.8) is 0 Å². The molecule has 1 atom stereocenters. The second-order valence-corrected chi connectivity index (χ2v) is 6.09. The normalized spacial score (nSPS) is 19.1. The highest BCUT2D eigenvalue weighted by Gasteiger charge is 2.23. The van der Waals surface area contributed by atoms with Crippen molar-refractivity contribution in [1.29, 1.82) is 0 Å². The van der Waals surface area contributed by atoms with Crippen molar-refractivity contribution in [3.8, 4) is 0 Å². The number of carbonyl (C=O) groups excluding carboxylic acids is 1. The van der Waals surface area contributed by atoms with Gasteiger partial charge in [0.15, 0.2) is 0 Å². The third kappa shape index (κ3) is 3.83. The van der Waals surface area contributed by atoms with Gasteiger partial charge in [0.05, 0.1) is 6.04 Å². The Kier molecular flexibility index (Phi) is 5.18.